The number of morpholine rings is 1. The van der Waals surface area contributed by atoms with Crippen LogP contribution in [0.4, 0.5) is 17.1 Å². The number of amides is 2. The average molecular weight is 398 g/mol. The maximum atomic E-state index is 12.9. The molecule has 0 saturated carbocycles. The smallest absolute Gasteiger partial charge is 0.270 e. The minimum atomic E-state index is -0.526. The molecule has 1 saturated heterocycles. The van der Waals surface area contributed by atoms with Crippen LogP contribution in [-0.2, 0) is 4.74 Å². The molecule has 9 nitrogen and oxygen atoms in total. The van der Waals surface area contributed by atoms with Crippen molar-refractivity contribution < 1.29 is 19.2 Å². The Hall–Kier alpha value is -3.46. The van der Waals surface area contributed by atoms with Gasteiger partial charge in [-0.2, -0.15) is 0 Å². The highest BCUT2D eigenvalue weighted by Crippen LogP contribution is 2.27. The number of ether oxygens (including phenoxy) is 1. The van der Waals surface area contributed by atoms with Gasteiger partial charge in [-0.15, -0.1) is 0 Å². The number of anilines is 2. The maximum Gasteiger partial charge on any atom is 0.270 e. The van der Waals surface area contributed by atoms with Crippen molar-refractivity contribution in [3.8, 4) is 0 Å². The summed E-state index contributed by atoms with van der Waals surface area (Å²) in [5, 5.41) is 13.9. The lowest BCUT2D eigenvalue weighted by atomic mass is 10.1. The largest absolute Gasteiger partial charge is 0.378 e. The zero-order chi connectivity index (χ0) is 21.0. The number of hydrogen-bond acceptors (Lipinski definition) is 6. The Morgan fingerprint density at radius 3 is 2.34 bits per heavy atom. The summed E-state index contributed by atoms with van der Waals surface area (Å²) in [7, 11) is 3.32. The van der Waals surface area contributed by atoms with Gasteiger partial charge in [0.1, 0.15) is 0 Å². The lowest BCUT2D eigenvalue weighted by molar-refractivity contribution is -0.384. The third-order valence-electron chi connectivity index (χ3n) is 4.58. The van der Waals surface area contributed by atoms with Gasteiger partial charge < -0.3 is 19.9 Å². The van der Waals surface area contributed by atoms with Gasteiger partial charge in [0.25, 0.3) is 17.5 Å². The van der Waals surface area contributed by atoms with Crippen LogP contribution in [0.2, 0.25) is 0 Å². The van der Waals surface area contributed by atoms with E-state index in [1.165, 1.54) is 17.0 Å². The summed E-state index contributed by atoms with van der Waals surface area (Å²) < 4.78 is 5.34. The van der Waals surface area contributed by atoms with Gasteiger partial charge >= 0.3 is 0 Å². The summed E-state index contributed by atoms with van der Waals surface area (Å²) in [6.45, 7) is 2.25. The van der Waals surface area contributed by atoms with Crippen molar-refractivity contribution in [2.75, 3.05) is 50.6 Å². The zero-order valence-electron chi connectivity index (χ0n) is 16.3. The molecular formula is C20H22N4O5. The van der Waals surface area contributed by atoms with Gasteiger partial charge in [0, 0.05) is 50.6 Å². The van der Waals surface area contributed by atoms with Gasteiger partial charge in [0.05, 0.1) is 29.4 Å². The number of nitrogens with zero attached hydrogens (tertiary/aromatic N) is 3. The van der Waals surface area contributed by atoms with Gasteiger partial charge in [-0.1, -0.05) is 0 Å². The zero-order valence-corrected chi connectivity index (χ0v) is 16.3. The number of carbonyl (C=O) groups is 2. The van der Waals surface area contributed by atoms with Gasteiger partial charge in [0.15, 0.2) is 0 Å². The summed E-state index contributed by atoms with van der Waals surface area (Å²) in [6.07, 6.45) is 0. The predicted molar refractivity (Wildman–Crippen MR) is 109 cm³/mol. The van der Waals surface area contributed by atoms with E-state index in [1.54, 1.807) is 44.4 Å². The third-order valence-corrected chi connectivity index (χ3v) is 4.58. The summed E-state index contributed by atoms with van der Waals surface area (Å²) in [5.74, 6) is -0.599. The van der Waals surface area contributed by atoms with Crippen molar-refractivity contribution in [1.29, 1.82) is 0 Å². The molecule has 2 aromatic carbocycles. The van der Waals surface area contributed by atoms with Crippen LogP contribution in [-0.4, -0.2) is 62.0 Å². The lowest BCUT2D eigenvalue weighted by Crippen LogP contribution is -2.37. The average Bonchev–Trinajstić information content (AvgIpc) is 2.73. The van der Waals surface area contributed by atoms with Gasteiger partial charge in [0.2, 0.25) is 0 Å². The van der Waals surface area contributed by atoms with Crippen LogP contribution in [0.3, 0.4) is 0 Å². The molecule has 2 amide bonds. The van der Waals surface area contributed by atoms with E-state index in [0.29, 0.717) is 43.2 Å². The van der Waals surface area contributed by atoms with E-state index < -0.39 is 10.8 Å². The second-order valence-electron chi connectivity index (χ2n) is 6.79. The molecule has 152 valence electrons. The molecule has 0 bridgehead atoms. The van der Waals surface area contributed by atoms with E-state index in [4.69, 9.17) is 4.74 Å². The number of hydrogen-bond donors (Lipinski definition) is 1. The highest BCUT2D eigenvalue weighted by atomic mass is 16.6. The third kappa shape index (κ3) is 4.69. The van der Waals surface area contributed by atoms with Crippen molar-refractivity contribution in [1.82, 2.24) is 4.90 Å². The minimum absolute atomic E-state index is 0.142. The number of benzene rings is 2. The Labute approximate surface area is 168 Å². The van der Waals surface area contributed by atoms with Crippen LogP contribution in [0.1, 0.15) is 20.7 Å². The molecule has 0 radical (unpaired) electrons. The molecular weight excluding hydrogens is 376 g/mol. The van der Waals surface area contributed by atoms with Crippen LogP contribution >= 0.6 is 0 Å². The van der Waals surface area contributed by atoms with Gasteiger partial charge in [-0.05, 0) is 30.3 Å². The van der Waals surface area contributed by atoms with Crippen LogP contribution in [0, 0.1) is 10.1 Å². The van der Waals surface area contributed by atoms with E-state index >= 15 is 0 Å². The quantitative estimate of drug-likeness (QED) is 0.612. The van der Waals surface area contributed by atoms with Gasteiger partial charge in [-0.25, -0.2) is 0 Å². The second kappa shape index (κ2) is 8.70. The summed E-state index contributed by atoms with van der Waals surface area (Å²) >= 11 is 0. The maximum absolute atomic E-state index is 12.9. The summed E-state index contributed by atoms with van der Waals surface area (Å²) in [4.78, 5) is 39.0. The van der Waals surface area contributed by atoms with Crippen LogP contribution < -0.4 is 10.2 Å². The molecule has 1 aliphatic heterocycles. The van der Waals surface area contributed by atoms with Crippen LogP contribution in [0.25, 0.3) is 0 Å². The fraction of sp³-hybridized carbons (Fsp3) is 0.300. The van der Waals surface area contributed by atoms with Crippen molar-refractivity contribution in [3.05, 3.63) is 63.7 Å². The Morgan fingerprint density at radius 2 is 1.76 bits per heavy atom. The summed E-state index contributed by atoms with van der Waals surface area (Å²) in [6, 6.07) is 10.8. The molecule has 1 aliphatic rings. The van der Waals surface area contributed by atoms with Crippen molar-refractivity contribution in [2.24, 2.45) is 0 Å². The standard InChI is InChI=1S/C20H22N4O5/c1-22(2)20(26)14-3-5-15(6-4-14)21-19(25)17-13-16(24(27)28)7-8-18(17)23-9-11-29-12-10-23/h3-8,13H,9-12H2,1-2H3,(H,21,25). The Bertz CT molecular complexity index is 921. The first-order chi connectivity index (χ1) is 13.9. The first-order valence-electron chi connectivity index (χ1n) is 9.11. The molecule has 1 N–H and O–H groups in total. The monoisotopic (exact) mass is 398 g/mol. The second-order valence-corrected chi connectivity index (χ2v) is 6.79. The Kier molecular flexibility index (Phi) is 6.08. The first kappa shape index (κ1) is 20.3. The molecule has 2 aromatic rings. The lowest BCUT2D eigenvalue weighted by Gasteiger charge is -2.30. The minimum Gasteiger partial charge on any atom is -0.378 e. The number of nitro groups is 1. The number of carbonyl (C=O) groups excluding carboxylic acids is 2. The highest BCUT2D eigenvalue weighted by Gasteiger charge is 2.22. The number of nitro benzene ring substituents is 1. The normalized spacial score (nSPS) is 13.7. The van der Waals surface area contributed by atoms with Crippen LogP contribution in [0.5, 0.6) is 0 Å². The molecule has 3 rings (SSSR count). The highest BCUT2D eigenvalue weighted by molar-refractivity contribution is 6.08. The van der Waals surface area contributed by atoms with E-state index in [2.05, 4.69) is 5.32 Å². The summed E-state index contributed by atoms with van der Waals surface area (Å²) in [5.41, 5.74) is 1.67. The molecule has 0 aliphatic carbocycles. The van der Waals surface area contributed by atoms with E-state index in [9.17, 15) is 19.7 Å². The Balaban J connectivity index is 1.86. The van der Waals surface area contributed by atoms with Crippen molar-refractivity contribution in [3.63, 3.8) is 0 Å². The molecule has 0 atom stereocenters. The van der Waals surface area contributed by atoms with E-state index in [-0.39, 0.29) is 17.2 Å². The van der Waals surface area contributed by atoms with Crippen molar-refractivity contribution in [2.45, 2.75) is 0 Å². The molecule has 29 heavy (non-hydrogen) atoms. The first-order valence-corrected chi connectivity index (χ1v) is 9.11. The fourth-order valence-electron chi connectivity index (χ4n) is 3.05. The molecule has 1 fully saturated rings. The molecule has 0 unspecified atom stereocenters. The van der Waals surface area contributed by atoms with Gasteiger partial charge in [-0.3, -0.25) is 19.7 Å². The number of rotatable bonds is 5. The van der Waals surface area contributed by atoms with Crippen molar-refractivity contribution >= 4 is 28.9 Å². The van der Waals surface area contributed by atoms with Crippen LogP contribution in [0.15, 0.2) is 42.5 Å². The molecule has 1 heterocycles. The van der Waals surface area contributed by atoms with E-state index in [1.807, 2.05) is 4.90 Å². The predicted octanol–water partition coefficient (Wildman–Crippen LogP) is 2.39. The fourth-order valence-corrected chi connectivity index (χ4v) is 3.05. The number of non-ortho nitro benzene ring substituents is 1. The molecule has 0 spiro atoms. The molecule has 9 heteroatoms. The topological polar surface area (TPSA) is 105 Å². The number of nitrogens with one attached hydrogen (secondary N) is 1. The Morgan fingerprint density at radius 1 is 1.10 bits per heavy atom. The SMILES string of the molecule is CN(C)C(=O)c1ccc(NC(=O)c2cc([N+](=O)[O-])ccc2N2CCOCC2)cc1. The molecule has 0 aromatic heterocycles. The van der Waals surface area contributed by atoms with E-state index in [0.717, 1.165) is 0 Å².